The summed E-state index contributed by atoms with van der Waals surface area (Å²) < 4.78 is 176. The Morgan fingerprint density at radius 3 is 1.01 bits per heavy atom. The molecule has 0 aliphatic rings. The molecule has 17 heteroatoms. The van der Waals surface area contributed by atoms with Gasteiger partial charge in [-0.15, -0.1) is 0 Å². The Kier molecular flexibility index (Phi) is 13.3. The lowest BCUT2D eigenvalue weighted by molar-refractivity contribution is -0.144. The zero-order valence-corrected chi connectivity index (χ0v) is 42.6. The van der Waals surface area contributed by atoms with E-state index in [4.69, 9.17) is 19.9 Å². The third-order valence-electron chi connectivity index (χ3n) is 14.2. The Balaban J connectivity index is 1.20. The number of hydrogen-bond acceptors (Lipinski definition) is 4. The molecule has 12 aromatic rings. The second-order valence-corrected chi connectivity index (χ2v) is 19.4. The summed E-state index contributed by atoms with van der Waals surface area (Å²) in [5, 5.41) is 0.656. The van der Waals surface area contributed by atoms with Gasteiger partial charge in [0.2, 0.25) is 0 Å². The smallest absolute Gasteiger partial charge is 0.308 e. The van der Waals surface area contributed by atoms with Crippen molar-refractivity contribution < 1.29 is 52.7 Å². The van der Waals surface area contributed by atoms with Gasteiger partial charge >= 0.3 is 24.7 Å². The van der Waals surface area contributed by atoms with Gasteiger partial charge in [-0.2, -0.15) is 52.7 Å². The molecule has 3 heterocycles. The van der Waals surface area contributed by atoms with Crippen LogP contribution in [0.3, 0.4) is 0 Å². The van der Waals surface area contributed by atoms with Crippen LogP contribution >= 0.6 is 0 Å². The summed E-state index contributed by atoms with van der Waals surface area (Å²) in [6, 6.07) is 56.4. The molecular formula is C66H37F12N5. The minimum atomic E-state index is -5.28. The zero-order chi connectivity index (χ0) is 58.0. The van der Waals surface area contributed by atoms with Gasteiger partial charge in [0.05, 0.1) is 61.8 Å². The van der Waals surface area contributed by atoms with Crippen LogP contribution in [0.25, 0.3) is 118 Å². The fourth-order valence-electron chi connectivity index (χ4n) is 10.2. The van der Waals surface area contributed by atoms with Crippen LogP contribution in [-0.2, 0) is 24.7 Å². The maximum Gasteiger partial charge on any atom is 0.417 e. The predicted molar refractivity (Wildman–Crippen MR) is 295 cm³/mol. The van der Waals surface area contributed by atoms with Crippen LogP contribution in [0.5, 0.6) is 0 Å². The molecule has 3 aromatic heterocycles. The lowest BCUT2D eigenvalue weighted by Crippen LogP contribution is -2.12. The first-order valence-corrected chi connectivity index (χ1v) is 25.5. The van der Waals surface area contributed by atoms with Crippen molar-refractivity contribution in [3.05, 3.63) is 247 Å². The third kappa shape index (κ3) is 10.6. The minimum absolute atomic E-state index is 0.0292. The maximum atomic E-state index is 15.0. The zero-order valence-electron chi connectivity index (χ0n) is 42.6. The number of halogens is 12. The lowest BCUT2D eigenvalue weighted by Gasteiger charge is -2.19. The molecule has 0 saturated heterocycles. The first-order valence-electron chi connectivity index (χ1n) is 25.5. The van der Waals surface area contributed by atoms with E-state index in [-0.39, 0.29) is 51.4 Å². The van der Waals surface area contributed by atoms with Crippen molar-refractivity contribution in [1.29, 1.82) is 0 Å². The van der Waals surface area contributed by atoms with Gasteiger partial charge < -0.3 is 4.57 Å². The Hall–Kier alpha value is -9.90. The SMILES string of the molecule is FC(F)(F)c1ccc(-c2ccc3c4ccc(-c5ccc(C(F)(F)F)cc5C(F)(F)F)cc4n(-c4ccc(-c5cc(-c6ccccc6)nc(-c6ccccc6)n5)cc4-c4nc(-c5ccccc5)cc(-c5ccccc5)n4)c3c2)c(C(F)(F)F)c1. The molecule has 0 saturated carbocycles. The van der Waals surface area contributed by atoms with Gasteiger partial charge in [0, 0.05) is 44.2 Å². The topological polar surface area (TPSA) is 56.5 Å². The number of alkyl halides is 12. The van der Waals surface area contributed by atoms with E-state index in [0.29, 0.717) is 73.8 Å². The van der Waals surface area contributed by atoms with Crippen LogP contribution in [-0.4, -0.2) is 24.5 Å². The van der Waals surface area contributed by atoms with Gasteiger partial charge in [0.25, 0.3) is 0 Å². The second kappa shape index (κ2) is 20.6. The molecule has 0 atom stereocenters. The predicted octanol–water partition coefficient (Wildman–Crippen LogP) is 19.8. The van der Waals surface area contributed by atoms with Crippen LogP contribution in [0, 0.1) is 0 Å². The summed E-state index contributed by atoms with van der Waals surface area (Å²) >= 11 is 0. The second-order valence-electron chi connectivity index (χ2n) is 19.4. The molecule has 0 aliphatic carbocycles. The normalized spacial score (nSPS) is 12.3. The van der Waals surface area contributed by atoms with E-state index < -0.39 is 58.1 Å². The first kappa shape index (κ1) is 53.7. The molecule has 0 fully saturated rings. The van der Waals surface area contributed by atoms with Crippen molar-refractivity contribution >= 4 is 21.8 Å². The van der Waals surface area contributed by atoms with Crippen molar-refractivity contribution in [3.63, 3.8) is 0 Å². The molecule has 0 spiro atoms. The highest BCUT2D eigenvalue weighted by molar-refractivity contribution is 6.12. The van der Waals surface area contributed by atoms with E-state index in [1.807, 2.05) is 121 Å². The van der Waals surface area contributed by atoms with Gasteiger partial charge in [-0.3, -0.25) is 0 Å². The van der Waals surface area contributed by atoms with Crippen LogP contribution < -0.4 is 0 Å². The average molecular weight is 1130 g/mol. The molecule has 5 nitrogen and oxygen atoms in total. The first-order chi connectivity index (χ1) is 39.7. The largest absolute Gasteiger partial charge is 0.417 e. The van der Waals surface area contributed by atoms with Crippen molar-refractivity contribution in [3.8, 4) is 95.7 Å². The molecule has 0 N–H and O–H groups in total. The van der Waals surface area contributed by atoms with Crippen molar-refractivity contribution in [2.45, 2.75) is 24.7 Å². The van der Waals surface area contributed by atoms with Crippen molar-refractivity contribution in [1.82, 2.24) is 24.5 Å². The molecule has 0 unspecified atom stereocenters. The monoisotopic (exact) mass is 1130 g/mol. The van der Waals surface area contributed by atoms with E-state index in [9.17, 15) is 52.7 Å². The Bertz CT molecular complexity index is 4170. The van der Waals surface area contributed by atoms with E-state index in [2.05, 4.69) is 0 Å². The standard InChI is InChI=1S/C66H37F12N5/c67-63(68,69)45-24-28-47(52(34-45)65(73,74)75)42-21-26-49-50-27-22-43(48-29-25-46(64(70,71)72)35-53(48)66(76,77)78)33-60(50)83(59(49)32-42)58-30-23-44(57-37-54(38-13-5-1-6-14-38)79-61(80-57)41-19-11-4-12-20-41)31-51(58)62-81-55(39-15-7-2-8-16-39)36-56(82-62)40-17-9-3-10-18-40/h1-37H. The summed E-state index contributed by atoms with van der Waals surface area (Å²) in [7, 11) is 0. The highest BCUT2D eigenvalue weighted by atomic mass is 19.4. The highest BCUT2D eigenvalue weighted by Gasteiger charge is 2.40. The van der Waals surface area contributed by atoms with E-state index in [0.717, 1.165) is 17.7 Å². The molecule has 0 radical (unpaired) electrons. The summed E-state index contributed by atoms with van der Waals surface area (Å²) in [6.45, 7) is 0. The van der Waals surface area contributed by atoms with E-state index in [1.54, 1.807) is 34.9 Å². The molecule has 0 amide bonds. The summed E-state index contributed by atoms with van der Waals surface area (Å²) in [4.78, 5) is 20.3. The summed E-state index contributed by atoms with van der Waals surface area (Å²) in [6.07, 6.45) is -20.8. The van der Waals surface area contributed by atoms with Crippen LogP contribution in [0.2, 0.25) is 0 Å². The average Bonchev–Trinajstić information content (AvgIpc) is 2.88. The van der Waals surface area contributed by atoms with Gasteiger partial charge in [0.15, 0.2) is 11.6 Å². The lowest BCUT2D eigenvalue weighted by atomic mass is 9.95. The molecule has 83 heavy (non-hydrogen) atoms. The number of benzene rings is 9. The third-order valence-corrected chi connectivity index (χ3v) is 14.2. The van der Waals surface area contributed by atoms with Crippen LogP contribution in [0.4, 0.5) is 52.7 Å². The Morgan fingerprint density at radius 1 is 0.265 bits per heavy atom. The summed E-state index contributed by atoms with van der Waals surface area (Å²) in [5.41, 5.74) is -1.92. The molecular weight excluding hydrogens is 1090 g/mol. The molecule has 0 aliphatic heterocycles. The summed E-state index contributed by atoms with van der Waals surface area (Å²) in [5.74, 6) is 0.459. The molecule has 12 rings (SSSR count). The van der Waals surface area contributed by atoms with Crippen molar-refractivity contribution in [2.75, 3.05) is 0 Å². The van der Waals surface area contributed by atoms with Gasteiger partial charge in [-0.05, 0) is 82.9 Å². The molecule has 0 bridgehead atoms. The van der Waals surface area contributed by atoms with Gasteiger partial charge in [0.1, 0.15) is 0 Å². The van der Waals surface area contributed by atoms with Crippen LogP contribution in [0.15, 0.2) is 224 Å². The van der Waals surface area contributed by atoms with E-state index in [1.165, 1.54) is 36.4 Å². The molecule has 9 aromatic carbocycles. The maximum absolute atomic E-state index is 15.0. The minimum Gasteiger partial charge on any atom is -0.308 e. The highest BCUT2D eigenvalue weighted by Crippen LogP contribution is 2.47. The van der Waals surface area contributed by atoms with Crippen molar-refractivity contribution in [2.24, 2.45) is 0 Å². The number of aromatic nitrogens is 5. The Morgan fingerprint density at radius 2 is 0.627 bits per heavy atom. The van der Waals surface area contributed by atoms with Gasteiger partial charge in [-0.25, -0.2) is 19.9 Å². The number of fused-ring (bicyclic) bond motifs is 3. The van der Waals surface area contributed by atoms with Crippen LogP contribution in [0.1, 0.15) is 22.3 Å². The number of hydrogen-bond donors (Lipinski definition) is 0. The fourth-order valence-corrected chi connectivity index (χ4v) is 10.2. The number of nitrogens with zero attached hydrogens (tertiary/aromatic N) is 5. The fraction of sp³-hybridized carbons (Fsp3) is 0.0606. The number of rotatable bonds is 9. The Labute approximate surface area is 464 Å². The quantitative estimate of drug-likeness (QED) is 0.135. The van der Waals surface area contributed by atoms with E-state index >= 15 is 0 Å². The van der Waals surface area contributed by atoms with Gasteiger partial charge in [-0.1, -0.05) is 164 Å². The molecule has 410 valence electrons.